The van der Waals surface area contributed by atoms with E-state index in [1.54, 1.807) is 0 Å². The molecule has 0 fully saturated rings. The van der Waals surface area contributed by atoms with Gasteiger partial charge in [-0.2, -0.15) is 0 Å². The highest BCUT2D eigenvalue weighted by Gasteiger charge is 2.04. The number of nitrogens with one attached hydrogen (secondary N) is 2. The Bertz CT molecular complexity index is 354. The van der Waals surface area contributed by atoms with Crippen molar-refractivity contribution in [3.63, 3.8) is 0 Å². The molecule has 0 rings (SSSR count). The summed E-state index contributed by atoms with van der Waals surface area (Å²) in [6.45, 7) is 12.7. The highest BCUT2D eigenvalue weighted by molar-refractivity contribution is 5.87. The van der Waals surface area contributed by atoms with E-state index in [9.17, 15) is 4.79 Å². The van der Waals surface area contributed by atoms with Gasteiger partial charge in [0.15, 0.2) is 0 Å². The summed E-state index contributed by atoms with van der Waals surface area (Å²) in [6.07, 6.45) is 13.2. The molecule has 0 saturated carbocycles. The molecule has 0 aliphatic carbocycles. The SMILES string of the molecule is CCCCCCCCNCCC=C(C)C(=O)OCCNCCCC(C)C. The van der Waals surface area contributed by atoms with Crippen LogP contribution in [0.25, 0.3) is 0 Å². The summed E-state index contributed by atoms with van der Waals surface area (Å²) in [5.41, 5.74) is 0.714. The maximum absolute atomic E-state index is 11.9. The van der Waals surface area contributed by atoms with Crippen LogP contribution in [-0.2, 0) is 9.53 Å². The first-order valence-corrected chi connectivity index (χ1v) is 10.8. The Labute approximate surface area is 162 Å². The summed E-state index contributed by atoms with van der Waals surface area (Å²) in [4.78, 5) is 11.9. The number of unbranched alkanes of at least 4 members (excludes halogenated alkanes) is 5. The van der Waals surface area contributed by atoms with Gasteiger partial charge < -0.3 is 15.4 Å². The van der Waals surface area contributed by atoms with Crippen molar-refractivity contribution >= 4 is 5.97 Å². The van der Waals surface area contributed by atoms with Gasteiger partial charge in [-0.25, -0.2) is 4.79 Å². The zero-order valence-electron chi connectivity index (χ0n) is 17.9. The van der Waals surface area contributed by atoms with E-state index in [-0.39, 0.29) is 5.97 Å². The maximum atomic E-state index is 11.9. The van der Waals surface area contributed by atoms with Crippen molar-refractivity contribution in [1.29, 1.82) is 0 Å². The van der Waals surface area contributed by atoms with Gasteiger partial charge in [0.1, 0.15) is 6.61 Å². The smallest absolute Gasteiger partial charge is 0.333 e. The van der Waals surface area contributed by atoms with Crippen molar-refractivity contribution in [3.8, 4) is 0 Å². The van der Waals surface area contributed by atoms with Crippen molar-refractivity contribution in [2.45, 2.75) is 85.5 Å². The van der Waals surface area contributed by atoms with Gasteiger partial charge in [-0.15, -0.1) is 0 Å². The van der Waals surface area contributed by atoms with Crippen molar-refractivity contribution in [2.24, 2.45) is 5.92 Å². The average Bonchev–Trinajstić information content (AvgIpc) is 2.61. The number of esters is 1. The predicted molar refractivity (Wildman–Crippen MR) is 113 cm³/mol. The summed E-state index contributed by atoms with van der Waals surface area (Å²) >= 11 is 0. The lowest BCUT2D eigenvalue weighted by Gasteiger charge is -2.08. The van der Waals surface area contributed by atoms with Crippen LogP contribution in [0.5, 0.6) is 0 Å². The number of hydrogen-bond donors (Lipinski definition) is 2. The molecule has 0 aliphatic heterocycles. The molecule has 0 aromatic carbocycles. The van der Waals surface area contributed by atoms with Gasteiger partial charge in [-0.1, -0.05) is 59.0 Å². The minimum atomic E-state index is -0.190. The molecule has 4 heteroatoms. The fourth-order valence-corrected chi connectivity index (χ4v) is 2.72. The van der Waals surface area contributed by atoms with Crippen molar-refractivity contribution in [2.75, 3.05) is 32.8 Å². The Morgan fingerprint density at radius 1 is 0.923 bits per heavy atom. The van der Waals surface area contributed by atoms with Crippen LogP contribution in [0.3, 0.4) is 0 Å². The molecule has 0 amide bonds. The van der Waals surface area contributed by atoms with Crippen LogP contribution in [0.4, 0.5) is 0 Å². The third kappa shape index (κ3) is 17.9. The molecule has 0 aliphatic rings. The Morgan fingerprint density at radius 2 is 1.58 bits per heavy atom. The molecule has 0 heterocycles. The molecular formula is C22H44N2O2. The second-order valence-electron chi connectivity index (χ2n) is 7.62. The van der Waals surface area contributed by atoms with Gasteiger partial charge in [0, 0.05) is 12.1 Å². The highest BCUT2D eigenvalue weighted by atomic mass is 16.5. The lowest BCUT2D eigenvalue weighted by molar-refractivity contribution is -0.138. The zero-order valence-corrected chi connectivity index (χ0v) is 17.9. The first kappa shape index (κ1) is 25.1. The number of carbonyl (C=O) groups is 1. The first-order valence-electron chi connectivity index (χ1n) is 10.8. The van der Waals surface area contributed by atoms with Gasteiger partial charge >= 0.3 is 5.97 Å². The largest absolute Gasteiger partial charge is 0.461 e. The Balaban J connectivity index is 3.47. The van der Waals surface area contributed by atoms with Crippen LogP contribution in [0, 0.1) is 5.92 Å². The third-order valence-electron chi connectivity index (χ3n) is 4.45. The van der Waals surface area contributed by atoms with Gasteiger partial charge in [0.25, 0.3) is 0 Å². The van der Waals surface area contributed by atoms with E-state index in [2.05, 4.69) is 31.4 Å². The summed E-state index contributed by atoms with van der Waals surface area (Å²) in [7, 11) is 0. The summed E-state index contributed by atoms with van der Waals surface area (Å²) in [5.74, 6) is 0.563. The Kier molecular flexibility index (Phi) is 18.3. The fraction of sp³-hybridized carbons (Fsp3) is 0.864. The van der Waals surface area contributed by atoms with Gasteiger partial charge in [-0.3, -0.25) is 0 Å². The molecule has 154 valence electrons. The predicted octanol–water partition coefficient (Wildman–Crippen LogP) is 4.84. The molecular weight excluding hydrogens is 324 g/mol. The van der Waals surface area contributed by atoms with E-state index in [0.717, 1.165) is 38.5 Å². The average molecular weight is 369 g/mol. The molecule has 0 unspecified atom stereocenters. The number of carbonyl (C=O) groups excluding carboxylic acids is 1. The van der Waals surface area contributed by atoms with Gasteiger partial charge in [0.2, 0.25) is 0 Å². The van der Waals surface area contributed by atoms with E-state index < -0.39 is 0 Å². The fourth-order valence-electron chi connectivity index (χ4n) is 2.72. The van der Waals surface area contributed by atoms with Crippen molar-refractivity contribution in [1.82, 2.24) is 10.6 Å². The van der Waals surface area contributed by atoms with Crippen LogP contribution < -0.4 is 10.6 Å². The molecule has 4 nitrogen and oxygen atoms in total. The molecule has 0 radical (unpaired) electrons. The van der Waals surface area contributed by atoms with E-state index in [4.69, 9.17) is 4.74 Å². The molecule has 0 spiro atoms. The van der Waals surface area contributed by atoms with Crippen molar-refractivity contribution in [3.05, 3.63) is 11.6 Å². The lowest BCUT2D eigenvalue weighted by Crippen LogP contribution is -2.23. The van der Waals surface area contributed by atoms with Gasteiger partial charge in [0.05, 0.1) is 0 Å². The molecule has 2 N–H and O–H groups in total. The van der Waals surface area contributed by atoms with E-state index >= 15 is 0 Å². The number of ether oxygens (including phenoxy) is 1. The maximum Gasteiger partial charge on any atom is 0.333 e. The first-order chi connectivity index (χ1) is 12.6. The standard InChI is InChI=1S/C22H44N2O2/c1-5-6-7-8-9-10-15-23-17-12-14-21(4)22(25)26-19-18-24-16-11-13-20(2)3/h14,20,23-24H,5-13,15-19H2,1-4H3. The molecule has 0 atom stereocenters. The van der Waals surface area contributed by atoms with Crippen LogP contribution in [-0.4, -0.2) is 38.8 Å². The minimum Gasteiger partial charge on any atom is -0.461 e. The molecule has 0 bridgehead atoms. The van der Waals surface area contributed by atoms with Crippen LogP contribution in [0.1, 0.15) is 85.5 Å². The van der Waals surface area contributed by atoms with E-state index in [0.29, 0.717) is 12.2 Å². The van der Waals surface area contributed by atoms with Crippen LogP contribution in [0.2, 0.25) is 0 Å². The van der Waals surface area contributed by atoms with E-state index in [1.807, 2.05) is 13.0 Å². The monoisotopic (exact) mass is 368 g/mol. The summed E-state index contributed by atoms with van der Waals surface area (Å²) < 4.78 is 5.28. The highest BCUT2D eigenvalue weighted by Crippen LogP contribution is 2.04. The Morgan fingerprint density at radius 3 is 2.31 bits per heavy atom. The lowest BCUT2D eigenvalue weighted by atomic mass is 10.1. The van der Waals surface area contributed by atoms with Crippen molar-refractivity contribution < 1.29 is 9.53 Å². The second kappa shape index (κ2) is 18.9. The number of hydrogen-bond acceptors (Lipinski definition) is 4. The quantitative estimate of drug-likeness (QED) is 0.206. The Hall–Kier alpha value is -0.870. The third-order valence-corrected chi connectivity index (χ3v) is 4.45. The second-order valence-corrected chi connectivity index (χ2v) is 7.62. The minimum absolute atomic E-state index is 0.190. The van der Waals surface area contributed by atoms with E-state index in [1.165, 1.54) is 51.4 Å². The zero-order chi connectivity index (χ0) is 19.5. The normalized spacial score (nSPS) is 12.0. The number of rotatable bonds is 18. The summed E-state index contributed by atoms with van der Waals surface area (Å²) in [5, 5.41) is 6.76. The molecule has 0 saturated heterocycles. The molecule has 0 aromatic rings. The molecule has 26 heavy (non-hydrogen) atoms. The van der Waals surface area contributed by atoms with Crippen LogP contribution in [0.15, 0.2) is 11.6 Å². The molecule has 0 aromatic heterocycles. The van der Waals surface area contributed by atoms with Gasteiger partial charge in [-0.05, 0) is 58.2 Å². The van der Waals surface area contributed by atoms with Crippen LogP contribution >= 0.6 is 0 Å². The topological polar surface area (TPSA) is 50.4 Å². The summed E-state index contributed by atoms with van der Waals surface area (Å²) in [6, 6.07) is 0.